The monoisotopic (exact) mass is 529 g/mol. The maximum Gasteiger partial charge on any atom is 0.223 e. The first-order valence-electron chi connectivity index (χ1n) is 13.1. The van der Waals surface area contributed by atoms with Gasteiger partial charge in [0.2, 0.25) is 5.91 Å². The van der Waals surface area contributed by atoms with E-state index >= 15 is 0 Å². The first-order chi connectivity index (χ1) is 18.7. The first kappa shape index (κ1) is 24.8. The van der Waals surface area contributed by atoms with E-state index in [1.54, 1.807) is 18.4 Å². The number of fused-ring (bicyclic) bond motifs is 2. The second-order valence-electron chi connectivity index (χ2n) is 9.69. The number of aryl methyl sites for hydroxylation is 1. The third-order valence-corrected chi connectivity index (χ3v) is 8.19. The van der Waals surface area contributed by atoms with E-state index in [1.807, 2.05) is 29.2 Å². The van der Waals surface area contributed by atoms with Crippen LogP contribution in [0.4, 0.5) is 0 Å². The normalized spacial score (nSPS) is 17.1. The highest BCUT2D eigenvalue weighted by Gasteiger charge is 2.26. The van der Waals surface area contributed by atoms with Crippen LogP contribution in [0.25, 0.3) is 21.2 Å². The van der Waals surface area contributed by atoms with Gasteiger partial charge in [-0.3, -0.25) is 4.79 Å². The molecule has 0 radical (unpaired) electrons. The van der Waals surface area contributed by atoms with Crippen LogP contribution in [0.5, 0.6) is 17.2 Å². The molecule has 1 saturated heterocycles. The van der Waals surface area contributed by atoms with Crippen molar-refractivity contribution in [2.75, 3.05) is 33.5 Å². The highest BCUT2D eigenvalue weighted by molar-refractivity contribution is 7.17. The third-order valence-electron chi connectivity index (χ3n) is 7.23. The van der Waals surface area contributed by atoms with Crippen molar-refractivity contribution in [3.05, 3.63) is 77.2 Å². The van der Waals surface area contributed by atoms with Crippen molar-refractivity contribution in [3.8, 4) is 28.4 Å². The quantitative estimate of drug-likeness (QED) is 0.290. The fourth-order valence-corrected chi connectivity index (χ4v) is 6.21. The Bertz CT molecular complexity index is 1440. The highest BCUT2D eigenvalue weighted by atomic mass is 32.1. The Morgan fingerprint density at radius 2 is 1.95 bits per heavy atom. The fraction of sp³-hybridized carbons (Fsp3) is 0.323. The second-order valence-corrected chi connectivity index (χ2v) is 10.6. The number of carbonyl (C=O) groups excluding carboxylic acids is 1. The van der Waals surface area contributed by atoms with Crippen LogP contribution >= 0.6 is 11.3 Å². The van der Waals surface area contributed by atoms with Crippen LogP contribution in [0.3, 0.4) is 0 Å². The Morgan fingerprint density at radius 3 is 2.82 bits per heavy atom. The molecule has 0 bridgehead atoms. The van der Waals surface area contributed by atoms with Gasteiger partial charge in [-0.1, -0.05) is 36.4 Å². The van der Waals surface area contributed by atoms with Gasteiger partial charge in [0.05, 0.1) is 26.9 Å². The van der Waals surface area contributed by atoms with Crippen LogP contribution in [-0.4, -0.2) is 50.4 Å². The van der Waals surface area contributed by atoms with Crippen LogP contribution in [-0.2, 0) is 22.5 Å². The van der Waals surface area contributed by atoms with Crippen LogP contribution in [0.15, 0.2) is 66.0 Å². The molecule has 3 aromatic carbocycles. The molecule has 2 aliphatic rings. The molecule has 196 valence electrons. The summed E-state index contributed by atoms with van der Waals surface area (Å²) < 4.78 is 25.0. The summed E-state index contributed by atoms with van der Waals surface area (Å²) in [7, 11) is 1.66. The number of amides is 1. The molecule has 1 amide bonds. The summed E-state index contributed by atoms with van der Waals surface area (Å²) in [4.78, 5) is 15.3. The molecule has 1 fully saturated rings. The number of para-hydroxylation sites is 1. The number of ether oxygens (including phenoxy) is 4. The molecule has 0 aliphatic carbocycles. The Kier molecular flexibility index (Phi) is 7.20. The average Bonchev–Trinajstić information content (AvgIpc) is 3.57. The van der Waals surface area contributed by atoms with Crippen molar-refractivity contribution in [3.63, 3.8) is 0 Å². The molecule has 1 atom stereocenters. The zero-order valence-corrected chi connectivity index (χ0v) is 22.3. The molecule has 1 aromatic heterocycles. The Labute approximate surface area is 226 Å². The average molecular weight is 530 g/mol. The van der Waals surface area contributed by atoms with Gasteiger partial charge in [0.1, 0.15) is 18.5 Å². The number of thiophene rings is 1. The zero-order valence-electron chi connectivity index (χ0n) is 21.5. The number of nitrogens with zero attached hydrogens (tertiary/aromatic N) is 1. The second kappa shape index (κ2) is 11.1. The summed E-state index contributed by atoms with van der Waals surface area (Å²) in [5, 5.41) is 3.41. The van der Waals surface area contributed by atoms with Gasteiger partial charge in [-0.2, -0.15) is 0 Å². The third kappa shape index (κ3) is 5.08. The van der Waals surface area contributed by atoms with Gasteiger partial charge < -0.3 is 23.8 Å². The summed E-state index contributed by atoms with van der Waals surface area (Å²) in [6.45, 7) is 2.71. The Hall–Kier alpha value is -3.55. The molecule has 7 heteroatoms. The number of rotatable bonds is 7. The van der Waals surface area contributed by atoms with Crippen molar-refractivity contribution < 1.29 is 23.7 Å². The first-order valence-corrected chi connectivity index (χ1v) is 14.0. The van der Waals surface area contributed by atoms with E-state index in [2.05, 4.69) is 41.8 Å². The van der Waals surface area contributed by atoms with Crippen molar-refractivity contribution in [1.82, 2.24) is 4.90 Å². The number of methoxy groups -OCH3 is 1. The molecule has 3 heterocycles. The largest absolute Gasteiger partial charge is 0.496 e. The maximum absolute atomic E-state index is 13.4. The summed E-state index contributed by atoms with van der Waals surface area (Å²) >= 11 is 1.74. The lowest BCUT2D eigenvalue weighted by atomic mass is 10.0. The maximum atomic E-state index is 13.4. The van der Waals surface area contributed by atoms with Gasteiger partial charge in [0.15, 0.2) is 11.5 Å². The van der Waals surface area contributed by atoms with Crippen molar-refractivity contribution in [2.24, 2.45) is 0 Å². The van der Waals surface area contributed by atoms with E-state index < -0.39 is 0 Å². The lowest BCUT2D eigenvalue weighted by Gasteiger charge is -2.21. The molecular formula is C31H31NO5S. The number of carbonyl (C=O) groups is 1. The molecule has 2 aliphatic heterocycles. The Balaban J connectivity index is 1.30. The van der Waals surface area contributed by atoms with E-state index in [0.717, 1.165) is 40.4 Å². The van der Waals surface area contributed by atoms with E-state index in [9.17, 15) is 4.79 Å². The topological polar surface area (TPSA) is 57.2 Å². The molecule has 4 aromatic rings. The zero-order chi connectivity index (χ0) is 25.9. The smallest absolute Gasteiger partial charge is 0.223 e. The fourth-order valence-electron chi connectivity index (χ4n) is 5.24. The van der Waals surface area contributed by atoms with Crippen molar-refractivity contribution in [1.29, 1.82) is 0 Å². The summed E-state index contributed by atoms with van der Waals surface area (Å²) in [5.74, 6) is 2.38. The summed E-state index contributed by atoms with van der Waals surface area (Å²) in [5.41, 5.74) is 4.24. The van der Waals surface area contributed by atoms with Gasteiger partial charge in [0.25, 0.3) is 0 Å². The molecule has 0 N–H and O–H groups in total. The summed E-state index contributed by atoms with van der Waals surface area (Å²) in [6, 6.07) is 20.6. The number of hydrogen-bond acceptors (Lipinski definition) is 6. The molecule has 0 spiro atoms. The van der Waals surface area contributed by atoms with Gasteiger partial charge in [-0.15, -0.1) is 11.3 Å². The molecule has 6 rings (SSSR count). The predicted octanol–water partition coefficient (Wildman–Crippen LogP) is 6.10. The minimum atomic E-state index is -0.000917. The molecule has 38 heavy (non-hydrogen) atoms. The molecule has 6 nitrogen and oxygen atoms in total. The van der Waals surface area contributed by atoms with Crippen molar-refractivity contribution >= 4 is 27.3 Å². The van der Waals surface area contributed by atoms with Crippen LogP contribution in [0.2, 0.25) is 0 Å². The van der Waals surface area contributed by atoms with E-state index in [-0.39, 0.29) is 12.0 Å². The van der Waals surface area contributed by atoms with E-state index in [0.29, 0.717) is 45.8 Å². The van der Waals surface area contributed by atoms with Gasteiger partial charge in [-0.05, 0) is 47.2 Å². The molecule has 0 unspecified atom stereocenters. The van der Waals surface area contributed by atoms with E-state index in [1.165, 1.54) is 15.6 Å². The summed E-state index contributed by atoms with van der Waals surface area (Å²) in [6.07, 6.45) is 1.89. The van der Waals surface area contributed by atoms with Crippen LogP contribution in [0, 0.1) is 0 Å². The lowest BCUT2D eigenvalue weighted by Crippen LogP contribution is -2.32. The number of benzene rings is 3. The number of hydrogen-bond donors (Lipinski definition) is 0. The SMILES string of the molecule is COc1ccccc1CCC(=O)N1CCOc2c(cc(-c3csc4ccccc34)cc2O[C@H]2CCOC2)C1. The lowest BCUT2D eigenvalue weighted by molar-refractivity contribution is -0.131. The minimum Gasteiger partial charge on any atom is -0.496 e. The molecule has 0 saturated carbocycles. The van der Waals surface area contributed by atoms with Gasteiger partial charge in [-0.25, -0.2) is 0 Å². The molecular weight excluding hydrogens is 498 g/mol. The van der Waals surface area contributed by atoms with E-state index in [4.69, 9.17) is 18.9 Å². The van der Waals surface area contributed by atoms with Crippen molar-refractivity contribution in [2.45, 2.75) is 31.9 Å². The van der Waals surface area contributed by atoms with Gasteiger partial charge >= 0.3 is 0 Å². The standard InChI is InChI=1S/C31H31NO5S/c1-34-27-8-4-2-6-21(27)10-11-30(33)32-13-15-36-31-23(18-32)16-22(17-28(31)37-24-12-14-35-19-24)26-20-38-29-9-5-3-7-25(26)29/h2-9,16-17,20,24H,10-15,18-19H2,1H3/t24-/m0/s1. The Morgan fingerprint density at radius 1 is 1.08 bits per heavy atom. The van der Waals surface area contributed by atoms with Gasteiger partial charge in [0, 0.05) is 40.6 Å². The highest BCUT2D eigenvalue weighted by Crippen LogP contribution is 2.42. The minimum absolute atomic E-state index is 0.000917. The van der Waals surface area contributed by atoms with Crippen LogP contribution in [0.1, 0.15) is 24.0 Å². The van der Waals surface area contributed by atoms with Crippen LogP contribution < -0.4 is 14.2 Å². The predicted molar refractivity (Wildman–Crippen MR) is 149 cm³/mol.